The van der Waals surface area contributed by atoms with Crippen molar-refractivity contribution < 1.29 is 9.53 Å². The van der Waals surface area contributed by atoms with E-state index in [1.54, 1.807) is 0 Å². The second-order valence-electron chi connectivity index (χ2n) is 5.22. The normalized spacial score (nSPS) is 16.4. The van der Waals surface area contributed by atoms with Gasteiger partial charge in [-0.05, 0) is 18.4 Å². The van der Waals surface area contributed by atoms with Gasteiger partial charge in [0, 0.05) is 6.54 Å². The predicted octanol–water partition coefficient (Wildman–Crippen LogP) is 2.01. The molecule has 112 valence electrons. The van der Waals surface area contributed by atoms with E-state index in [2.05, 4.69) is 5.32 Å². The van der Waals surface area contributed by atoms with Crippen molar-refractivity contribution in [2.24, 2.45) is 5.73 Å². The molecular weight excluding hydrogens is 276 g/mol. The average Bonchev–Trinajstić information content (AvgIpc) is 2.89. The van der Waals surface area contributed by atoms with Crippen molar-refractivity contribution in [3.05, 3.63) is 35.9 Å². The van der Waals surface area contributed by atoms with E-state index in [1.165, 1.54) is 0 Å². The number of carbonyl (C=O) groups excluding carboxylic acids is 1. The molecule has 0 atom stereocenters. The van der Waals surface area contributed by atoms with Crippen LogP contribution < -0.4 is 11.1 Å². The fraction of sp³-hybridized carbons (Fsp3) is 0.533. The van der Waals surface area contributed by atoms with Crippen molar-refractivity contribution >= 4 is 18.3 Å². The van der Waals surface area contributed by atoms with Gasteiger partial charge in [0.15, 0.2) is 0 Å². The van der Waals surface area contributed by atoms with Crippen LogP contribution in [0.3, 0.4) is 0 Å². The van der Waals surface area contributed by atoms with Gasteiger partial charge in [-0.1, -0.05) is 43.2 Å². The Labute approximate surface area is 126 Å². The number of hydrogen-bond donors (Lipinski definition) is 2. The Morgan fingerprint density at radius 2 is 1.90 bits per heavy atom. The molecule has 1 saturated carbocycles. The molecular formula is C15H23ClN2O2. The molecule has 0 saturated heterocycles. The molecule has 1 aliphatic carbocycles. The standard InChI is InChI=1S/C15H22N2O2.ClH/c16-12-15(8-4-5-9-15)17-14(18)11-19-10-13-6-2-1-3-7-13;/h1-3,6-7H,4-5,8-12,16H2,(H,17,18);1H. The van der Waals surface area contributed by atoms with E-state index in [9.17, 15) is 4.79 Å². The van der Waals surface area contributed by atoms with E-state index in [-0.39, 0.29) is 30.5 Å². The van der Waals surface area contributed by atoms with Gasteiger partial charge in [0.25, 0.3) is 0 Å². The van der Waals surface area contributed by atoms with Crippen LogP contribution in [0.5, 0.6) is 0 Å². The quantitative estimate of drug-likeness (QED) is 0.844. The summed E-state index contributed by atoms with van der Waals surface area (Å²) >= 11 is 0. The number of ether oxygens (including phenoxy) is 1. The minimum atomic E-state index is -0.187. The second-order valence-corrected chi connectivity index (χ2v) is 5.22. The highest BCUT2D eigenvalue weighted by Crippen LogP contribution is 2.28. The third-order valence-corrected chi connectivity index (χ3v) is 3.70. The van der Waals surface area contributed by atoms with Crippen LogP contribution in [0.1, 0.15) is 31.2 Å². The molecule has 0 aromatic heterocycles. The van der Waals surface area contributed by atoms with Gasteiger partial charge < -0.3 is 15.8 Å². The van der Waals surface area contributed by atoms with Gasteiger partial charge in [-0.25, -0.2) is 0 Å². The van der Waals surface area contributed by atoms with Gasteiger partial charge in [-0.2, -0.15) is 0 Å². The van der Waals surface area contributed by atoms with Crippen molar-refractivity contribution in [3.8, 4) is 0 Å². The molecule has 0 heterocycles. The summed E-state index contributed by atoms with van der Waals surface area (Å²) in [6.07, 6.45) is 4.24. The number of rotatable bonds is 6. The van der Waals surface area contributed by atoms with E-state index in [1.807, 2.05) is 30.3 Å². The zero-order valence-electron chi connectivity index (χ0n) is 11.6. The molecule has 3 N–H and O–H groups in total. The molecule has 0 bridgehead atoms. The maximum absolute atomic E-state index is 11.9. The Hall–Kier alpha value is -1.10. The lowest BCUT2D eigenvalue weighted by molar-refractivity contribution is -0.128. The highest BCUT2D eigenvalue weighted by atomic mass is 35.5. The van der Waals surface area contributed by atoms with Gasteiger partial charge in [-0.3, -0.25) is 4.79 Å². The lowest BCUT2D eigenvalue weighted by Gasteiger charge is -2.28. The molecule has 1 aromatic rings. The maximum Gasteiger partial charge on any atom is 0.246 e. The van der Waals surface area contributed by atoms with E-state index < -0.39 is 0 Å². The van der Waals surface area contributed by atoms with Crippen LogP contribution in [0.4, 0.5) is 0 Å². The fourth-order valence-electron chi connectivity index (χ4n) is 2.60. The van der Waals surface area contributed by atoms with E-state index in [0.29, 0.717) is 13.2 Å². The summed E-state index contributed by atoms with van der Waals surface area (Å²) in [5, 5.41) is 3.04. The first kappa shape index (κ1) is 17.0. The Kier molecular flexibility index (Phi) is 6.99. The number of hydrogen-bond acceptors (Lipinski definition) is 3. The molecule has 0 aliphatic heterocycles. The summed E-state index contributed by atoms with van der Waals surface area (Å²) in [4.78, 5) is 11.9. The Morgan fingerprint density at radius 1 is 1.25 bits per heavy atom. The zero-order chi connectivity index (χ0) is 13.6. The average molecular weight is 299 g/mol. The van der Waals surface area contributed by atoms with Crippen LogP contribution in [0, 0.1) is 0 Å². The minimum absolute atomic E-state index is 0. The zero-order valence-corrected chi connectivity index (χ0v) is 12.5. The minimum Gasteiger partial charge on any atom is -0.367 e. The summed E-state index contributed by atoms with van der Waals surface area (Å²) in [7, 11) is 0. The number of nitrogens with two attached hydrogens (primary N) is 1. The van der Waals surface area contributed by atoms with Crippen LogP contribution in [-0.2, 0) is 16.1 Å². The number of benzene rings is 1. The molecule has 5 heteroatoms. The summed E-state index contributed by atoms with van der Waals surface area (Å²) < 4.78 is 5.43. The largest absolute Gasteiger partial charge is 0.367 e. The molecule has 1 aliphatic rings. The van der Waals surface area contributed by atoms with Crippen molar-refractivity contribution in [3.63, 3.8) is 0 Å². The van der Waals surface area contributed by atoms with Gasteiger partial charge in [0.2, 0.25) is 5.91 Å². The molecule has 1 fully saturated rings. The second kappa shape index (κ2) is 8.25. The molecule has 0 unspecified atom stereocenters. The molecule has 4 nitrogen and oxygen atoms in total. The smallest absolute Gasteiger partial charge is 0.246 e. The van der Waals surface area contributed by atoms with Crippen LogP contribution in [0.25, 0.3) is 0 Å². The fourth-order valence-corrected chi connectivity index (χ4v) is 2.60. The monoisotopic (exact) mass is 298 g/mol. The first-order valence-corrected chi connectivity index (χ1v) is 6.87. The molecule has 1 aromatic carbocycles. The topological polar surface area (TPSA) is 64.3 Å². The summed E-state index contributed by atoms with van der Waals surface area (Å²) in [6, 6.07) is 9.84. The Balaban J connectivity index is 0.00000200. The molecule has 0 spiro atoms. The van der Waals surface area contributed by atoms with Crippen molar-refractivity contribution in [2.75, 3.05) is 13.2 Å². The van der Waals surface area contributed by atoms with Gasteiger partial charge in [-0.15, -0.1) is 12.4 Å². The highest BCUT2D eigenvalue weighted by molar-refractivity contribution is 5.85. The van der Waals surface area contributed by atoms with Gasteiger partial charge in [0.05, 0.1) is 12.1 Å². The van der Waals surface area contributed by atoms with Crippen LogP contribution in [-0.4, -0.2) is 24.6 Å². The number of nitrogens with one attached hydrogen (secondary N) is 1. The van der Waals surface area contributed by atoms with Crippen molar-refractivity contribution in [2.45, 2.75) is 37.8 Å². The predicted molar refractivity (Wildman–Crippen MR) is 81.7 cm³/mol. The first-order chi connectivity index (χ1) is 9.24. The SMILES string of the molecule is Cl.NCC1(NC(=O)COCc2ccccc2)CCCC1. The lowest BCUT2D eigenvalue weighted by Crippen LogP contribution is -2.52. The lowest BCUT2D eigenvalue weighted by atomic mass is 9.98. The summed E-state index contributed by atoms with van der Waals surface area (Å²) in [5.74, 6) is -0.0664. The highest BCUT2D eigenvalue weighted by Gasteiger charge is 2.33. The molecule has 1 amide bonds. The number of carbonyl (C=O) groups is 1. The first-order valence-electron chi connectivity index (χ1n) is 6.87. The van der Waals surface area contributed by atoms with Crippen LogP contribution >= 0.6 is 12.4 Å². The van der Waals surface area contributed by atoms with E-state index in [4.69, 9.17) is 10.5 Å². The maximum atomic E-state index is 11.9. The Morgan fingerprint density at radius 3 is 2.50 bits per heavy atom. The van der Waals surface area contributed by atoms with Gasteiger partial charge in [0.1, 0.15) is 6.61 Å². The number of halogens is 1. The van der Waals surface area contributed by atoms with E-state index in [0.717, 1.165) is 31.2 Å². The van der Waals surface area contributed by atoms with Gasteiger partial charge >= 0.3 is 0 Å². The van der Waals surface area contributed by atoms with Crippen molar-refractivity contribution in [1.82, 2.24) is 5.32 Å². The number of amides is 1. The Bertz CT molecular complexity index is 406. The third kappa shape index (κ3) is 4.78. The summed E-state index contributed by atoms with van der Waals surface area (Å²) in [6.45, 7) is 1.07. The van der Waals surface area contributed by atoms with Crippen LogP contribution in [0.2, 0.25) is 0 Å². The molecule has 0 radical (unpaired) electrons. The molecule has 20 heavy (non-hydrogen) atoms. The molecule has 2 rings (SSSR count). The van der Waals surface area contributed by atoms with E-state index >= 15 is 0 Å². The van der Waals surface area contributed by atoms with Crippen molar-refractivity contribution in [1.29, 1.82) is 0 Å². The summed E-state index contributed by atoms with van der Waals surface area (Å²) in [5.41, 5.74) is 6.67. The third-order valence-electron chi connectivity index (χ3n) is 3.70. The van der Waals surface area contributed by atoms with Crippen LogP contribution in [0.15, 0.2) is 30.3 Å².